The van der Waals surface area contributed by atoms with Crippen LogP contribution in [0.15, 0.2) is 12.7 Å². The Balaban J connectivity index is 2.22. The fourth-order valence-corrected chi connectivity index (χ4v) is 1.97. The highest BCUT2D eigenvalue weighted by Gasteiger charge is 2.43. The van der Waals surface area contributed by atoms with Gasteiger partial charge in [0, 0.05) is 7.05 Å². The predicted octanol–water partition coefficient (Wildman–Crippen LogP) is -1.52. The number of imidazole rings is 1. The summed E-state index contributed by atoms with van der Waals surface area (Å²) in [6, 6.07) is 0. The van der Waals surface area contributed by atoms with E-state index in [2.05, 4.69) is 20.3 Å². The number of rotatable bonds is 3. The van der Waals surface area contributed by atoms with E-state index in [1.54, 1.807) is 7.05 Å². The Hall–Kier alpha value is -1.81. The first-order valence-electron chi connectivity index (χ1n) is 7.30. The molecule has 1 fully saturated rings. The lowest BCUT2D eigenvalue weighted by atomic mass is 10.1. The maximum Gasteiger partial charge on any atom is 0.167 e. The van der Waals surface area contributed by atoms with Gasteiger partial charge in [0.2, 0.25) is 0 Å². The van der Waals surface area contributed by atoms with Gasteiger partial charge < -0.3 is 25.4 Å². The number of hydrogen-bond donors (Lipinski definition) is 4. The Morgan fingerprint density at radius 3 is 2.85 bits per heavy atom. The van der Waals surface area contributed by atoms with E-state index in [-0.39, 0.29) is 11.2 Å². The minimum atomic E-state index is -3.12. The third-order valence-electron chi connectivity index (χ3n) is 2.96. The van der Waals surface area contributed by atoms with Crippen molar-refractivity contribution in [2.75, 3.05) is 19.0 Å². The first-order chi connectivity index (χ1) is 10.7. The average molecular weight is 284 g/mol. The number of fused-ring (bicyclic) bond motifs is 1. The molecule has 4 atom stereocenters. The van der Waals surface area contributed by atoms with Crippen LogP contribution in [0, 0.1) is 0 Å². The SMILES string of the molecule is [2H][C@]1(O)[C@]([2H])(n2cnc3c(NC)ncnc32)O[C@H](CO)[C@@]1([2H])O. The van der Waals surface area contributed by atoms with Gasteiger partial charge in [0.25, 0.3) is 0 Å². The van der Waals surface area contributed by atoms with E-state index in [4.69, 9.17) is 8.85 Å². The summed E-state index contributed by atoms with van der Waals surface area (Å²) < 4.78 is 30.0. The minimum absolute atomic E-state index is 0.0550. The van der Waals surface area contributed by atoms with E-state index >= 15 is 0 Å². The van der Waals surface area contributed by atoms with Crippen LogP contribution >= 0.6 is 0 Å². The van der Waals surface area contributed by atoms with Crippen molar-refractivity contribution in [1.29, 1.82) is 0 Å². The Morgan fingerprint density at radius 2 is 2.20 bits per heavy atom. The summed E-state index contributed by atoms with van der Waals surface area (Å²) in [5.74, 6) is 0.351. The van der Waals surface area contributed by atoms with E-state index in [1.807, 2.05) is 0 Å². The molecule has 0 aromatic carbocycles. The molecule has 1 aliphatic rings. The highest BCUT2D eigenvalue weighted by atomic mass is 16.6. The topological polar surface area (TPSA) is 126 Å². The summed E-state index contributed by atoms with van der Waals surface area (Å²) in [6.07, 6.45) is -8.09. The second kappa shape index (κ2) is 4.94. The van der Waals surface area contributed by atoms with Crippen LogP contribution in [0.3, 0.4) is 0 Å². The summed E-state index contributed by atoms with van der Waals surface area (Å²) in [7, 11) is 1.61. The average Bonchev–Trinajstić information content (AvgIpc) is 3.00. The van der Waals surface area contributed by atoms with Gasteiger partial charge in [0.05, 0.1) is 17.0 Å². The van der Waals surface area contributed by atoms with Crippen molar-refractivity contribution >= 4 is 17.0 Å². The molecule has 0 unspecified atom stereocenters. The van der Waals surface area contributed by atoms with Crippen molar-refractivity contribution in [3.8, 4) is 0 Å². The molecule has 3 heterocycles. The predicted molar refractivity (Wildman–Crippen MR) is 67.9 cm³/mol. The lowest BCUT2D eigenvalue weighted by Crippen LogP contribution is -2.33. The monoisotopic (exact) mass is 284 g/mol. The van der Waals surface area contributed by atoms with E-state index in [0.29, 0.717) is 5.82 Å². The number of anilines is 1. The fourth-order valence-electron chi connectivity index (χ4n) is 1.97. The first kappa shape index (κ1) is 10.00. The standard InChI is InChI=1S/C11H15N5O4/c1-12-9-6-10(14-3-13-9)16(4-15-6)11-8(19)7(18)5(2-17)20-11/h3-5,7-8,11,17-19H,2H2,1H3,(H,12,13,14)/t5-,7-,8-,11-/m1/s1/i7D,8D,11D. The molecular formula is C11H15N5O4. The molecule has 4 N–H and O–H groups in total. The van der Waals surface area contributed by atoms with Crippen LogP contribution in [0.25, 0.3) is 11.2 Å². The number of ether oxygens (including phenoxy) is 1. The van der Waals surface area contributed by atoms with Crippen molar-refractivity contribution < 1.29 is 24.2 Å². The number of nitrogens with one attached hydrogen (secondary N) is 1. The van der Waals surface area contributed by atoms with Crippen LogP contribution in [0.4, 0.5) is 5.82 Å². The van der Waals surface area contributed by atoms with Crippen LogP contribution in [0.2, 0.25) is 0 Å². The van der Waals surface area contributed by atoms with Gasteiger partial charge in [0.1, 0.15) is 30.1 Å². The van der Waals surface area contributed by atoms with E-state index in [1.165, 1.54) is 6.33 Å². The summed E-state index contributed by atoms with van der Waals surface area (Å²) in [6.45, 7) is -0.856. The molecule has 108 valence electrons. The molecule has 0 radical (unpaired) electrons. The van der Waals surface area contributed by atoms with E-state index in [0.717, 1.165) is 10.9 Å². The Labute approximate surface area is 118 Å². The molecule has 1 saturated heterocycles. The van der Waals surface area contributed by atoms with Crippen molar-refractivity contribution in [2.45, 2.75) is 24.5 Å². The number of aromatic nitrogens is 4. The quantitative estimate of drug-likeness (QED) is 0.535. The molecule has 20 heavy (non-hydrogen) atoms. The van der Waals surface area contributed by atoms with Gasteiger partial charge in [-0.25, -0.2) is 15.0 Å². The molecule has 2 aromatic rings. The zero-order chi connectivity index (χ0) is 17.0. The van der Waals surface area contributed by atoms with Crippen LogP contribution < -0.4 is 5.32 Å². The van der Waals surface area contributed by atoms with Crippen LogP contribution in [0.5, 0.6) is 0 Å². The Morgan fingerprint density at radius 1 is 1.40 bits per heavy atom. The molecule has 2 aromatic heterocycles. The van der Waals surface area contributed by atoms with Crippen molar-refractivity contribution in [2.24, 2.45) is 0 Å². The molecule has 1 aliphatic heterocycles. The van der Waals surface area contributed by atoms with Crippen molar-refractivity contribution in [3.05, 3.63) is 12.7 Å². The smallest absolute Gasteiger partial charge is 0.167 e. The molecule has 0 bridgehead atoms. The highest BCUT2D eigenvalue weighted by Crippen LogP contribution is 2.31. The number of nitrogens with zero attached hydrogens (tertiary/aromatic N) is 4. The van der Waals surface area contributed by atoms with Gasteiger partial charge >= 0.3 is 0 Å². The largest absolute Gasteiger partial charge is 0.394 e. The number of hydrogen-bond acceptors (Lipinski definition) is 8. The molecular weight excluding hydrogens is 266 g/mol. The van der Waals surface area contributed by atoms with Crippen LogP contribution in [0.1, 0.15) is 10.3 Å². The van der Waals surface area contributed by atoms with Gasteiger partial charge in [-0.1, -0.05) is 0 Å². The van der Waals surface area contributed by atoms with Crippen LogP contribution in [-0.4, -0.2) is 66.8 Å². The lowest BCUT2D eigenvalue weighted by molar-refractivity contribution is -0.0511. The summed E-state index contributed by atoms with van der Waals surface area (Å²) in [5.41, 5.74) is 0.307. The van der Waals surface area contributed by atoms with Crippen molar-refractivity contribution in [1.82, 2.24) is 19.5 Å². The highest BCUT2D eigenvalue weighted by molar-refractivity contribution is 5.82. The molecule has 9 heteroatoms. The molecule has 3 rings (SSSR count). The fraction of sp³-hybridized carbons (Fsp3) is 0.545. The molecule has 0 aliphatic carbocycles. The van der Waals surface area contributed by atoms with E-state index in [9.17, 15) is 15.3 Å². The van der Waals surface area contributed by atoms with Gasteiger partial charge in [-0.05, 0) is 0 Å². The Bertz CT molecular complexity index is 754. The van der Waals surface area contributed by atoms with Crippen LogP contribution in [-0.2, 0) is 4.74 Å². The van der Waals surface area contributed by atoms with E-state index < -0.39 is 31.1 Å². The number of aliphatic hydroxyl groups is 3. The lowest BCUT2D eigenvalue weighted by Gasteiger charge is -2.16. The second-order valence-corrected chi connectivity index (χ2v) is 4.09. The first-order valence-corrected chi connectivity index (χ1v) is 5.80. The zero-order valence-corrected chi connectivity index (χ0v) is 10.5. The maximum absolute atomic E-state index is 10.3. The van der Waals surface area contributed by atoms with Gasteiger partial charge in [-0.2, -0.15) is 0 Å². The maximum atomic E-state index is 10.3. The second-order valence-electron chi connectivity index (χ2n) is 4.09. The normalized spacial score (nSPS) is 43.2. The summed E-state index contributed by atoms with van der Waals surface area (Å²) >= 11 is 0. The zero-order valence-electron chi connectivity index (χ0n) is 13.5. The van der Waals surface area contributed by atoms with Gasteiger partial charge in [-0.3, -0.25) is 4.57 Å². The third-order valence-corrected chi connectivity index (χ3v) is 2.96. The number of aliphatic hydroxyl groups excluding tert-OH is 1. The molecule has 9 nitrogen and oxygen atoms in total. The van der Waals surface area contributed by atoms with Gasteiger partial charge in [0.15, 0.2) is 17.7 Å². The summed E-state index contributed by atoms with van der Waals surface area (Å²) in [5, 5.41) is 32.3. The van der Waals surface area contributed by atoms with Crippen molar-refractivity contribution in [3.63, 3.8) is 0 Å². The molecule has 0 spiro atoms. The molecule has 0 amide bonds. The molecule has 0 saturated carbocycles. The summed E-state index contributed by atoms with van der Waals surface area (Å²) in [4.78, 5) is 11.9. The third kappa shape index (κ3) is 1.83. The Kier molecular flexibility index (Phi) is 2.47. The van der Waals surface area contributed by atoms with Gasteiger partial charge in [-0.15, -0.1) is 0 Å². The minimum Gasteiger partial charge on any atom is -0.394 e.